The van der Waals surface area contributed by atoms with E-state index in [-0.39, 0.29) is 12.1 Å². The molecule has 0 unspecified atom stereocenters. The predicted molar refractivity (Wildman–Crippen MR) is 158 cm³/mol. The van der Waals surface area contributed by atoms with Crippen molar-refractivity contribution in [2.24, 2.45) is 0 Å². The number of amides is 2. The summed E-state index contributed by atoms with van der Waals surface area (Å²) in [5.41, 5.74) is 4.19. The topological polar surface area (TPSA) is 50.9 Å². The second-order valence-corrected chi connectivity index (χ2v) is 10.7. The molecule has 6 nitrogen and oxygen atoms in total. The number of halogens is 1. The summed E-state index contributed by atoms with van der Waals surface area (Å²) in [6.07, 6.45) is 3.17. The molecule has 0 bridgehead atoms. The maximum atomic E-state index is 12.8. The Morgan fingerprint density at radius 1 is 0.789 bits per heavy atom. The molecule has 5 rings (SSSR count). The summed E-state index contributed by atoms with van der Waals surface area (Å²) in [6.45, 7) is 8.64. The van der Waals surface area contributed by atoms with Crippen LogP contribution in [0.4, 0.5) is 16.2 Å². The molecular formula is C31H38ClN5O. The van der Waals surface area contributed by atoms with Gasteiger partial charge in [-0.2, -0.15) is 0 Å². The van der Waals surface area contributed by atoms with E-state index in [1.807, 2.05) is 54.6 Å². The summed E-state index contributed by atoms with van der Waals surface area (Å²) in [5, 5.41) is 7.08. The van der Waals surface area contributed by atoms with Gasteiger partial charge in [0, 0.05) is 61.6 Å². The predicted octanol–water partition coefficient (Wildman–Crippen LogP) is 5.81. The molecule has 2 saturated heterocycles. The minimum atomic E-state index is -0.122. The molecule has 3 aromatic rings. The van der Waals surface area contributed by atoms with Gasteiger partial charge in [-0.15, -0.1) is 0 Å². The molecule has 3 aromatic carbocycles. The van der Waals surface area contributed by atoms with Gasteiger partial charge in [0.1, 0.15) is 0 Å². The second-order valence-electron chi connectivity index (χ2n) is 10.3. The first-order valence-corrected chi connectivity index (χ1v) is 14.2. The highest BCUT2D eigenvalue weighted by atomic mass is 35.5. The van der Waals surface area contributed by atoms with E-state index < -0.39 is 0 Å². The van der Waals surface area contributed by atoms with E-state index in [4.69, 9.17) is 11.6 Å². The van der Waals surface area contributed by atoms with Crippen LogP contribution in [0.3, 0.4) is 0 Å². The van der Waals surface area contributed by atoms with E-state index in [2.05, 4.69) is 49.6 Å². The summed E-state index contributed by atoms with van der Waals surface area (Å²) in [5.74, 6) is 0. The number of carbonyl (C=O) groups is 1. The summed E-state index contributed by atoms with van der Waals surface area (Å²) in [6, 6.07) is 26.4. The zero-order chi connectivity index (χ0) is 26.2. The van der Waals surface area contributed by atoms with Gasteiger partial charge >= 0.3 is 6.03 Å². The molecule has 0 atom stereocenters. The molecule has 2 N–H and O–H groups in total. The van der Waals surface area contributed by atoms with Gasteiger partial charge in [-0.25, -0.2) is 4.79 Å². The number of anilines is 2. The van der Waals surface area contributed by atoms with Gasteiger partial charge in [0.25, 0.3) is 0 Å². The van der Waals surface area contributed by atoms with Crippen LogP contribution in [0.5, 0.6) is 0 Å². The van der Waals surface area contributed by atoms with Crippen LogP contribution in [0.25, 0.3) is 11.1 Å². The fourth-order valence-electron chi connectivity index (χ4n) is 5.53. The smallest absolute Gasteiger partial charge is 0.319 e. The first-order chi connectivity index (χ1) is 18.6. The second kappa shape index (κ2) is 13.1. The quantitative estimate of drug-likeness (QED) is 0.385. The maximum absolute atomic E-state index is 12.8. The van der Waals surface area contributed by atoms with Crippen molar-refractivity contribution in [3.8, 4) is 11.1 Å². The number of carbonyl (C=O) groups excluding carboxylic acids is 1. The number of rotatable bonds is 8. The number of benzene rings is 3. The van der Waals surface area contributed by atoms with Crippen molar-refractivity contribution in [3.05, 3.63) is 83.9 Å². The number of nitrogens with one attached hydrogen (secondary N) is 2. The van der Waals surface area contributed by atoms with Crippen LogP contribution in [0.1, 0.15) is 19.3 Å². The van der Waals surface area contributed by atoms with Crippen molar-refractivity contribution >= 4 is 29.0 Å². The van der Waals surface area contributed by atoms with Crippen molar-refractivity contribution in [2.45, 2.75) is 25.3 Å². The molecule has 0 radical (unpaired) electrons. The van der Waals surface area contributed by atoms with Gasteiger partial charge in [0.05, 0.1) is 5.69 Å². The number of para-hydroxylation sites is 1. The van der Waals surface area contributed by atoms with Gasteiger partial charge in [-0.1, -0.05) is 66.2 Å². The zero-order valence-corrected chi connectivity index (χ0v) is 22.7. The SMILES string of the molecule is O=C(Nc1ccccc1-c1ccccc1)NC1CCN(CCCN2CCN(c3cccc(Cl)c3)CC2)CC1. The number of hydrogen-bond donors (Lipinski definition) is 2. The average molecular weight is 532 g/mol. The Morgan fingerprint density at radius 2 is 1.47 bits per heavy atom. The summed E-state index contributed by atoms with van der Waals surface area (Å²) >= 11 is 6.16. The standard InChI is InChI=1S/C31H38ClN5O/c32-26-10-6-11-28(24-26)37-22-20-36(21-23-37)17-7-16-35-18-14-27(15-19-35)33-31(38)34-30-13-5-4-12-29(30)25-8-2-1-3-9-25/h1-6,8-13,24,27H,7,14-23H2,(H2,33,34,38). The number of piperidine rings is 1. The third-order valence-corrected chi connectivity index (χ3v) is 7.91. The van der Waals surface area contributed by atoms with E-state index in [1.54, 1.807) is 0 Å². The Hall–Kier alpha value is -3.06. The van der Waals surface area contributed by atoms with Crippen molar-refractivity contribution in [1.82, 2.24) is 15.1 Å². The summed E-state index contributed by atoms with van der Waals surface area (Å²) < 4.78 is 0. The Bertz CT molecular complexity index is 1170. The van der Waals surface area contributed by atoms with E-state index >= 15 is 0 Å². The number of hydrogen-bond acceptors (Lipinski definition) is 4. The Balaban J connectivity index is 0.990. The molecule has 7 heteroatoms. The maximum Gasteiger partial charge on any atom is 0.319 e. The van der Waals surface area contributed by atoms with Crippen molar-refractivity contribution < 1.29 is 4.79 Å². The first kappa shape index (κ1) is 26.5. The monoisotopic (exact) mass is 531 g/mol. The molecule has 2 aliphatic rings. The highest BCUT2D eigenvalue weighted by Crippen LogP contribution is 2.27. The van der Waals surface area contributed by atoms with Crippen molar-refractivity contribution in [1.29, 1.82) is 0 Å². The number of likely N-dealkylation sites (tertiary alicyclic amines) is 1. The fraction of sp³-hybridized carbons (Fsp3) is 0.387. The molecule has 0 spiro atoms. The Labute approximate surface area is 231 Å². The van der Waals surface area contributed by atoms with E-state index in [9.17, 15) is 4.79 Å². The Kier molecular flexibility index (Phi) is 9.18. The van der Waals surface area contributed by atoms with Gasteiger partial charge in [-0.3, -0.25) is 4.90 Å². The van der Waals surface area contributed by atoms with Gasteiger partial charge < -0.3 is 20.4 Å². The molecule has 38 heavy (non-hydrogen) atoms. The highest BCUT2D eigenvalue weighted by Gasteiger charge is 2.22. The van der Waals surface area contributed by atoms with E-state index in [0.717, 1.165) is 87.0 Å². The van der Waals surface area contributed by atoms with Crippen LogP contribution in [-0.4, -0.2) is 74.2 Å². The van der Waals surface area contributed by atoms with Gasteiger partial charge in [-0.05, 0) is 62.2 Å². The summed E-state index contributed by atoms with van der Waals surface area (Å²) in [7, 11) is 0. The number of piperazine rings is 1. The van der Waals surface area contributed by atoms with Crippen molar-refractivity contribution in [3.63, 3.8) is 0 Å². The number of nitrogens with zero attached hydrogens (tertiary/aromatic N) is 3. The lowest BCUT2D eigenvalue weighted by atomic mass is 10.0. The highest BCUT2D eigenvalue weighted by molar-refractivity contribution is 6.30. The largest absolute Gasteiger partial charge is 0.369 e. The van der Waals surface area contributed by atoms with Crippen LogP contribution in [0.15, 0.2) is 78.9 Å². The lowest BCUT2D eigenvalue weighted by Gasteiger charge is -2.37. The third kappa shape index (κ3) is 7.28. The first-order valence-electron chi connectivity index (χ1n) is 13.8. The van der Waals surface area contributed by atoms with Crippen LogP contribution in [0.2, 0.25) is 5.02 Å². The van der Waals surface area contributed by atoms with E-state index in [0.29, 0.717) is 0 Å². The minimum Gasteiger partial charge on any atom is -0.369 e. The molecule has 200 valence electrons. The lowest BCUT2D eigenvalue weighted by Crippen LogP contribution is -2.48. The molecule has 0 aromatic heterocycles. The van der Waals surface area contributed by atoms with Crippen molar-refractivity contribution in [2.75, 3.05) is 62.6 Å². The normalized spacial score (nSPS) is 17.3. The fourth-order valence-corrected chi connectivity index (χ4v) is 5.71. The third-order valence-electron chi connectivity index (χ3n) is 7.68. The molecule has 0 saturated carbocycles. The molecule has 2 heterocycles. The van der Waals surface area contributed by atoms with Crippen LogP contribution >= 0.6 is 11.6 Å². The zero-order valence-electron chi connectivity index (χ0n) is 22.0. The molecule has 0 aliphatic carbocycles. The van der Waals surface area contributed by atoms with E-state index in [1.165, 1.54) is 12.1 Å². The Morgan fingerprint density at radius 3 is 2.21 bits per heavy atom. The minimum absolute atomic E-state index is 0.122. The number of urea groups is 1. The average Bonchev–Trinajstić information content (AvgIpc) is 2.95. The van der Waals surface area contributed by atoms with Crippen LogP contribution in [0, 0.1) is 0 Å². The lowest BCUT2D eigenvalue weighted by molar-refractivity contribution is 0.179. The van der Waals surface area contributed by atoms with Gasteiger partial charge in [0.15, 0.2) is 0 Å². The van der Waals surface area contributed by atoms with Crippen LogP contribution in [-0.2, 0) is 0 Å². The molecule has 2 amide bonds. The van der Waals surface area contributed by atoms with Crippen LogP contribution < -0.4 is 15.5 Å². The molecule has 2 aliphatic heterocycles. The molecular weight excluding hydrogens is 494 g/mol. The molecule has 2 fully saturated rings. The van der Waals surface area contributed by atoms with Gasteiger partial charge in [0.2, 0.25) is 0 Å². The summed E-state index contributed by atoms with van der Waals surface area (Å²) in [4.78, 5) is 20.3.